The van der Waals surface area contributed by atoms with Gasteiger partial charge in [-0.05, 0) is 37.2 Å². The van der Waals surface area contributed by atoms with Crippen molar-refractivity contribution in [1.82, 2.24) is 10.3 Å². The highest BCUT2D eigenvalue weighted by Crippen LogP contribution is 2.27. The van der Waals surface area contributed by atoms with Crippen LogP contribution in [0, 0.1) is 6.92 Å². The topological polar surface area (TPSA) is 34.2 Å². The molecule has 0 saturated carbocycles. The second-order valence-electron chi connectivity index (χ2n) is 4.33. The summed E-state index contributed by atoms with van der Waals surface area (Å²) in [7, 11) is 0. The van der Waals surface area contributed by atoms with Gasteiger partial charge in [-0.2, -0.15) is 0 Å². The van der Waals surface area contributed by atoms with E-state index in [0.29, 0.717) is 10.9 Å². The van der Waals surface area contributed by atoms with Crippen LogP contribution >= 0.6 is 11.6 Å². The van der Waals surface area contributed by atoms with Gasteiger partial charge in [0.1, 0.15) is 10.8 Å². The Labute approximate surface area is 118 Å². The Morgan fingerprint density at radius 2 is 2.00 bits per heavy atom. The summed E-state index contributed by atoms with van der Waals surface area (Å²) in [5, 5.41) is 3.75. The fourth-order valence-corrected chi connectivity index (χ4v) is 1.85. The molecule has 2 aromatic rings. The summed E-state index contributed by atoms with van der Waals surface area (Å²) < 4.78 is 5.66. The molecule has 1 N–H and O–H groups in total. The summed E-state index contributed by atoms with van der Waals surface area (Å²) in [6.07, 6.45) is 1.78. The van der Waals surface area contributed by atoms with E-state index in [0.717, 1.165) is 24.4 Å². The number of pyridine rings is 1. The van der Waals surface area contributed by atoms with E-state index in [-0.39, 0.29) is 0 Å². The second kappa shape index (κ2) is 6.55. The molecule has 0 radical (unpaired) electrons. The number of ether oxygens (including phenoxy) is 1. The summed E-state index contributed by atoms with van der Waals surface area (Å²) >= 11 is 6.17. The molecule has 0 aliphatic heterocycles. The van der Waals surface area contributed by atoms with Crippen molar-refractivity contribution in [3.05, 3.63) is 52.7 Å². The standard InChI is InChI=1S/C15H17ClN2O/c1-3-17-9-12-8-14(16)15(18-10-12)19-13-6-4-11(2)5-7-13/h4-8,10,17H,3,9H2,1-2H3. The zero-order valence-electron chi connectivity index (χ0n) is 11.1. The number of aromatic nitrogens is 1. The van der Waals surface area contributed by atoms with E-state index >= 15 is 0 Å². The minimum absolute atomic E-state index is 0.436. The van der Waals surface area contributed by atoms with Crippen LogP contribution < -0.4 is 10.1 Å². The van der Waals surface area contributed by atoms with Crippen molar-refractivity contribution in [2.45, 2.75) is 20.4 Å². The fourth-order valence-electron chi connectivity index (χ4n) is 1.62. The highest BCUT2D eigenvalue weighted by molar-refractivity contribution is 6.31. The Kier molecular flexibility index (Phi) is 4.77. The lowest BCUT2D eigenvalue weighted by Gasteiger charge is -2.08. The predicted octanol–water partition coefficient (Wildman–Crippen LogP) is 3.95. The van der Waals surface area contributed by atoms with Gasteiger partial charge in [0.2, 0.25) is 5.88 Å². The van der Waals surface area contributed by atoms with Crippen LogP contribution in [-0.4, -0.2) is 11.5 Å². The van der Waals surface area contributed by atoms with Gasteiger partial charge in [0, 0.05) is 12.7 Å². The van der Waals surface area contributed by atoms with Gasteiger partial charge >= 0.3 is 0 Å². The maximum absolute atomic E-state index is 6.17. The van der Waals surface area contributed by atoms with E-state index in [2.05, 4.69) is 17.2 Å². The van der Waals surface area contributed by atoms with Gasteiger partial charge in [-0.3, -0.25) is 0 Å². The van der Waals surface area contributed by atoms with Gasteiger partial charge < -0.3 is 10.1 Å². The summed E-state index contributed by atoms with van der Waals surface area (Å²) in [5.41, 5.74) is 2.23. The zero-order valence-corrected chi connectivity index (χ0v) is 11.9. The molecule has 4 heteroatoms. The number of rotatable bonds is 5. The van der Waals surface area contributed by atoms with Crippen molar-refractivity contribution >= 4 is 11.6 Å². The molecule has 2 rings (SSSR count). The van der Waals surface area contributed by atoms with E-state index in [1.807, 2.05) is 37.3 Å². The summed E-state index contributed by atoms with van der Waals surface area (Å²) in [4.78, 5) is 4.25. The van der Waals surface area contributed by atoms with E-state index < -0.39 is 0 Å². The lowest BCUT2D eigenvalue weighted by molar-refractivity contribution is 0.462. The van der Waals surface area contributed by atoms with E-state index in [9.17, 15) is 0 Å². The average molecular weight is 277 g/mol. The quantitative estimate of drug-likeness (QED) is 0.898. The van der Waals surface area contributed by atoms with Gasteiger partial charge in [0.15, 0.2) is 0 Å². The molecule has 19 heavy (non-hydrogen) atoms. The van der Waals surface area contributed by atoms with Crippen molar-refractivity contribution in [3.8, 4) is 11.6 Å². The zero-order chi connectivity index (χ0) is 13.7. The molecule has 0 spiro atoms. The van der Waals surface area contributed by atoms with Crippen LogP contribution in [0.5, 0.6) is 11.6 Å². The van der Waals surface area contributed by atoms with Crippen LogP contribution in [0.25, 0.3) is 0 Å². The minimum Gasteiger partial charge on any atom is -0.438 e. The van der Waals surface area contributed by atoms with Crippen molar-refractivity contribution in [2.24, 2.45) is 0 Å². The Hall–Kier alpha value is -1.58. The summed E-state index contributed by atoms with van der Waals surface area (Å²) in [6.45, 7) is 5.77. The molecule has 0 aliphatic carbocycles. The van der Waals surface area contributed by atoms with Gasteiger partial charge in [-0.15, -0.1) is 0 Å². The Bertz CT molecular complexity index is 540. The van der Waals surface area contributed by atoms with E-state index in [4.69, 9.17) is 16.3 Å². The van der Waals surface area contributed by atoms with Crippen molar-refractivity contribution in [3.63, 3.8) is 0 Å². The third kappa shape index (κ3) is 3.94. The Balaban J connectivity index is 2.10. The number of aryl methyl sites for hydroxylation is 1. The molecule has 0 bridgehead atoms. The highest BCUT2D eigenvalue weighted by Gasteiger charge is 2.06. The van der Waals surface area contributed by atoms with Crippen LogP contribution in [0.4, 0.5) is 0 Å². The smallest absolute Gasteiger partial charge is 0.238 e. The third-order valence-electron chi connectivity index (χ3n) is 2.68. The molecule has 0 fully saturated rings. The highest BCUT2D eigenvalue weighted by atomic mass is 35.5. The normalized spacial score (nSPS) is 10.5. The number of hydrogen-bond acceptors (Lipinski definition) is 3. The maximum atomic E-state index is 6.17. The lowest BCUT2D eigenvalue weighted by Crippen LogP contribution is -2.11. The van der Waals surface area contributed by atoms with Gasteiger partial charge in [0.05, 0.1) is 0 Å². The molecule has 0 saturated heterocycles. The molecule has 1 aromatic heterocycles. The molecule has 0 unspecified atom stereocenters. The fraction of sp³-hybridized carbons (Fsp3) is 0.267. The van der Waals surface area contributed by atoms with Gasteiger partial charge in [-0.25, -0.2) is 4.98 Å². The number of hydrogen-bond donors (Lipinski definition) is 1. The van der Waals surface area contributed by atoms with Crippen LogP contribution in [0.1, 0.15) is 18.1 Å². The molecule has 3 nitrogen and oxygen atoms in total. The number of nitrogens with one attached hydrogen (secondary N) is 1. The van der Waals surface area contributed by atoms with E-state index in [1.165, 1.54) is 5.56 Å². The number of halogens is 1. The molecule has 0 amide bonds. The molecule has 0 aliphatic rings. The third-order valence-corrected chi connectivity index (χ3v) is 2.95. The van der Waals surface area contributed by atoms with Crippen LogP contribution in [0.15, 0.2) is 36.5 Å². The minimum atomic E-state index is 0.436. The Morgan fingerprint density at radius 3 is 2.63 bits per heavy atom. The van der Waals surface area contributed by atoms with Crippen molar-refractivity contribution in [1.29, 1.82) is 0 Å². The molecular weight excluding hydrogens is 260 g/mol. The summed E-state index contributed by atoms with van der Waals surface area (Å²) in [6, 6.07) is 9.66. The van der Waals surface area contributed by atoms with Crippen LogP contribution in [0.2, 0.25) is 5.02 Å². The SMILES string of the molecule is CCNCc1cnc(Oc2ccc(C)cc2)c(Cl)c1. The molecule has 1 heterocycles. The summed E-state index contributed by atoms with van der Waals surface area (Å²) in [5.74, 6) is 1.17. The van der Waals surface area contributed by atoms with Crippen molar-refractivity contribution < 1.29 is 4.74 Å². The second-order valence-corrected chi connectivity index (χ2v) is 4.73. The van der Waals surface area contributed by atoms with Gasteiger partial charge in [-0.1, -0.05) is 36.2 Å². The van der Waals surface area contributed by atoms with Crippen LogP contribution in [-0.2, 0) is 6.54 Å². The van der Waals surface area contributed by atoms with Crippen molar-refractivity contribution in [2.75, 3.05) is 6.54 Å². The van der Waals surface area contributed by atoms with Gasteiger partial charge in [0.25, 0.3) is 0 Å². The first kappa shape index (κ1) is 13.8. The monoisotopic (exact) mass is 276 g/mol. The van der Waals surface area contributed by atoms with Crippen LogP contribution in [0.3, 0.4) is 0 Å². The predicted molar refractivity (Wildman–Crippen MR) is 77.9 cm³/mol. The average Bonchev–Trinajstić information content (AvgIpc) is 2.41. The first-order valence-corrected chi connectivity index (χ1v) is 6.66. The molecule has 100 valence electrons. The maximum Gasteiger partial charge on any atom is 0.238 e. The number of benzene rings is 1. The molecule has 0 atom stereocenters. The Morgan fingerprint density at radius 1 is 1.26 bits per heavy atom. The van der Waals surface area contributed by atoms with E-state index in [1.54, 1.807) is 6.20 Å². The number of nitrogens with zero attached hydrogens (tertiary/aromatic N) is 1. The first-order chi connectivity index (χ1) is 9.19. The molecule has 1 aromatic carbocycles. The largest absolute Gasteiger partial charge is 0.438 e. The lowest BCUT2D eigenvalue weighted by atomic mass is 10.2. The molecular formula is C15H17ClN2O. The first-order valence-electron chi connectivity index (χ1n) is 6.28.